The zero-order valence-corrected chi connectivity index (χ0v) is 17.9. The molecule has 0 heterocycles. The molecule has 0 spiro atoms. The molecular weight excluding hydrogens is 476 g/mol. The zero-order chi connectivity index (χ0) is 20.0. The molecule has 140 valence electrons. The van der Waals surface area contributed by atoms with Crippen LogP contribution >= 0.6 is 31.9 Å². The average molecular weight is 494 g/mol. The number of hydrogen-bond donors (Lipinski definition) is 0. The van der Waals surface area contributed by atoms with Gasteiger partial charge in [-0.15, -0.1) is 0 Å². The summed E-state index contributed by atoms with van der Waals surface area (Å²) in [4.78, 5) is 37.7. The summed E-state index contributed by atoms with van der Waals surface area (Å²) in [6, 6.07) is 13.5. The lowest BCUT2D eigenvalue weighted by Gasteiger charge is -2.17. The third-order valence-electron chi connectivity index (χ3n) is 3.95. The fourth-order valence-corrected chi connectivity index (χ4v) is 3.00. The molecule has 2 aromatic rings. The van der Waals surface area contributed by atoms with Crippen LogP contribution in [0.1, 0.15) is 34.1 Å². The fourth-order valence-electron chi connectivity index (χ4n) is 2.48. The first-order valence-electron chi connectivity index (χ1n) is 8.28. The third kappa shape index (κ3) is 5.71. The highest BCUT2D eigenvalue weighted by atomic mass is 79.9. The van der Waals surface area contributed by atoms with E-state index in [9.17, 15) is 14.4 Å². The van der Waals surface area contributed by atoms with Crippen LogP contribution in [0.5, 0.6) is 0 Å². The van der Waals surface area contributed by atoms with E-state index >= 15 is 0 Å². The van der Waals surface area contributed by atoms with Gasteiger partial charge in [0.05, 0.1) is 12.5 Å². The molecular formula is C21H18Br2O4. The summed E-state index contributed by atoms with van der Waals surface area (Å²) in [7, 11) is 0. The number of ketones is 2. The number of ether oxygens (including phenoxy) is 1. The minimum absolute atomic E-state index is 0.0428. The second-order valence-electron chi connectivity index (χ2n) is 5.80. The number of Topliss-reactive ketones (excluding diaryl/α,β-unsaturated/α-hetero) is 2. The Kier molecular flexibility index (Phi) is 7.68. The molecule has 0 radical (unpaired) electrons. The van der Waals surface area contributed by atoms with Gasteiger partial charge in [0.15, 0.2) is 11.6 Å². The smallest absolute Gasteiger partial charge is 0.313 e. The van der Waals surface area contributed by atoms with Crippen molar-refractivity contribution in [3.63, 3.8) is 0 Å². The number of halogens is 2. The van der Waals surface area contributed by atoms with E-state index in [0.717, 1.165) is 8.95 Å². The molecule has 0 bridgehead atoms. The Morgan fingerprint density at radius 1 is 0.926 bits per heavy atom. The summed E-state index contributed by atoms with van der Waals surface area (Å²) < 4.78 is 6.74. The lowest BCUT2D eigenvalue weighted by molar-refractivity contribution is -0.146. The van der Waals surface area contributed by atoms with Gasteiger partial charge in [-0.3, -0.25) is 14.4 Å². The van der Waals surface area contributed by atoms with Crippen LogP contribution in [-0.4, -0.2) is 24.1 Å². The predicted molar refractivity (Wildman–Crippen MR) is 111 cm³/mol. The number of hydrogen-bond acceptors (Lipinski definition) is 4. The van der Waals surface area contributed by atoms with E-state index in [1.807, 2.05) is 0 Å². The molecule has 0 aliphatic rings. The Balaban J connectivity index is 2.24. The second kappa shape index (κ2) is 9.76. The van der Waals surface area contributed by atoms with Gasteiger partial charge in [-0.1, -0.05) is 50.6 Å². The van der Waals surface area contributed by atoms with Gasteiger partial charge in [0, 0.05) is 32.1 Å². The molecule has 2 aromatic carbocycles. The lowest BCUT2D eigenvalue weighted by Crippen LogP contribution is -2.26. The van der Waals surface area contributed by atoms with E-state index < -0.39 is 11.9 Å². The van der Waals surface area contributed by atoms with Crippen molar-refractivity contribution in [2.24, 2.45) is 5.92 Å². The largest absolute Gasteiger partial charge is 0.466 e. The second-order valence-corrected chi connectivity index (χ2v) is 7.63. The summed E-state index contributed by atoms with van der Waals surface area (Å²) in [6.07, 6.45) is -0.179. The molecule has 6 heteroatoms. The number of carbonyl (C=O) groups excluding carboxylic acids is 3. The number of benzene rings is 2. The van der Waals surface area contributed by atoms with Gasteiger partial charge >= 0.3 is 5.97 Å². The molecule has 2 rings (SSSR count). The van der Waals surface area contributed by atoms with Crippen LogP contribution in [-0.2, 0) is 9.53 Å². The Labute approximate surface area is 174 Å². The summed E-state index contributed by atoms with van der Waals surface area (Å²) in [5.74, 6) is -2.30. The molecule has 0 aliphatic carbocycles. The quantitative estimate of drug-likeness (QED) is 0.280. The average Bonchev–Trinajstić information content (AvgIpc) is 2.66. The maximum atomic E-state index is 12.7. The van der Waals surface area contributed by atoms with Crippen molar-refractivity contribution in [2.45, 2.75) is 13.3 Å². The highest BCUT2D eigenvalue weighted by molar-refractivity contribution is 9.10. The normalized spacial score (nSPS) is 11.5. The molecule has 0 N–H and O–H groups in total. The van der Waals surface area contributed by atoms with E-state index in [1.165, 1.54) is 0 Å². The van der Waals surface area contributed by atoms with Crippen LogP contribution in [0.25, 0.3) is 0 Å². The SMILES string of the molecule is C=C(C(=O)c1ccc(Br)cc1)[C@@H](CC(=O)c1ccc(Br)cc1)C(=O)OCC. The van der Waals surface area contributed by atoms with Crippen molar-refractivity contribution in [1.82, 2.24) is 0 Å². The minimum Gasteiger partial charge on any atom is -0.466 e. The van der Waals surface area contributed by atoms with Crippen molar-refractivity contribution in [3.05, 3.63) is 80.8 Å². The third-order valence-corrected chi connectivity index (χ3v) is 5.00. The Hall–Kier alpha value is -2.05. The Morgan fingerprint density at radius 3 is 1.89 bits per heavy atom. The highest BCUT2D eigenvalue weighted by Crippen LogP contribution is 2.24. The van der Waals surface area contributed by atoms with Crippen LogP contribution in [0, 0.1) is 5.92 Å². The summed E-state index contributed by atoms with van der Waals surface area (Å²) in [6.45, 7) is 5.62. The number of rotatable bonds is 8. The van der Waals surface area contributed by atoms with E-state index in [-0.39, 0.29) is 30.2 Å². The first-order chi connectivity index (χ1) is 12.8. The monoisotopic (exact) mass is 492 g/mol. The molecule has 0 unspecified atom stereocenters. The number of esters is 1. The molecule has 0 amide bonds. The summed E-state index contributed by atoms with van der Waals surface area (Å²) in [5, 5.41) is 0. The predicted octanol–water partition coefficient (Wildman–Crippen LogP) is 5.40. The van der Waals surface area contributed by atoms with Gasteiger partial charge in [0.25, 0.3) is 0 Å². The molecule has 0 saturated carbocycles. The highest BCUT2D eigenvalue weighted by Gasteiger charge is 2.30. The molecule has 0 fully saturated rings. The van der Waals surface area contributed by atoms with Gasteiger partial charge in [-0.2, -0.15) is 0 Å². The fraction of sp³-hybridized carbons (Fsp3) is 0.190. The van der Waals surface area contributed by atoms with E-state index in [4.69, 9.17) is 4.74 Å². The molecule has 4 nitrogen and oxygen atoms in total. The topological polar surface area (TPSA) is 60.4 Å². The Morgan fingerprint density at radius 2 is 1.41 bits per heavy atom. The molecule has 0 saturated heterocycles. The first-order valence-corrected chi connectivity index (χ1v) is 9.86. The van der Waals surface area contributed by atoms with Crippen molar-refractivity contribution in [3.8, 4) is 0 Å². The van der Waals surface area contributed by atoms with Crippen molar-refractivity contribution < 1.29 is 19.1 Å². The van der Waals surface area contributed by atoms with E-state index in [0.29, 0.717) is 11.1 Å². The number of carbonyl (C=O) groups is 3. The van der Waals surface area contributed by atoms with E-state index in [1.54, 1.807) is 55.5 Å². The minimum atomic E-state index is -1.03. The maximum Gasteiger partial charge on any atom is 0.313 e. The molecule has 0 aromatic heterocycles. The van der Waals surface area contributed by atoms with Crippen molar-refractivity contribution in [2.75, 3.05) is 6.61 Å². The molecule has 27 heavy (non-hydrogen) atoms. The lowest BCUT2D eigenvalue weighted by atomic mass is 9.88. The molecule has 0 aliphatic heterocycles. The van der Waals surface area contributed by atoms with Crippen LogP contribution < -0.4 is 0 Å². The van der Waals surface area contributed by atoms with Crippen molar-refractivity contribution in [1.29, 1.82) is 0 Å². The van der Waals surface area contributed by atoms with Crippen molar-refractivity contribution >= 4 is 49.4 Å². The maximum absolute atomic E-state index is 12.7. The van der Waals surface area contributed by atoms with E-state index in [2.05, 4.69) is 38.4 Å². The summed E-state index contributed by atoms with van der Waals surface area (Å²) in [5.41, 5.74) is 0.895. The van der Waals surface area contributed by atoms with Crippen LogP contribution in [0.4, 0.5) is 0 Å². The standard InChI is InChI=1S/C21H18Br2O4/c1-3-27-21(26)18(12-19(24)14-4-8-16(22)9-5-14)13(2)20(25)15-6-10-17(23)11-7-15/h4-11,18H,2-3,12H2,1H3/t18-/m1/s1. The van der Waals surface area contributed by atoms with Gasteiger partial charge in [0.1, 0.15) is 0 Å². The van der Waals surface area contributed by atoms with Crippen LogP contribution in [0.15, 0.2) is 69.6 Å². The van der Waals surface area contributed by atoms with Gasteiger partial charge in [0.2, 0.25) is 0 Å². The Bertz CT molecular complexity index is 855. The van der Waals surface area contributed by atoms with Gasteiger partial charge in [-0.25, -0.2) is 0 Å². The van der Waals surface area contributed by atoms with Gasteiger partial charge in [-0.05, 0) is 43.3 Å². The van der Waals surface area contributed by atoms with Crippen LogP contribution in [0.3, 0.4) is 0 Å². The zero-order valence-electron chi connectivity index (χ0n) is 14.7. The van der Waals surface area contributed by atoms with Crippen LogP contribution in [0.2, 0.25) is 0 Å². The summed E-state index contributed by atoms with van der Waals surface area (Å²) >= 11 is 6.63. The first kappa shape index (κ1) is 21.3. The van der Waals surface area contributed by atoms with Gasteiger partial charge < -0.3 is 4.74 Å². The molecule has 1 atom stereocenters.